The summed E-state index contributed by atoms with van der Waals surface area (Å²) in [6.07, 6.45) is 3.43. The number of hydrogen-bond donors (Lipinski definition) is 2. The Bertz CT molecular complexity index is 468. The fourth-order valence-electron chi connectivity index (χ4n) is 1.47. The standard InChI is InChI=1S/C10H12BrN3OS/c11-10-2-1-7(16-10)4-14-6-13-3-9(14)8(12)5-15/h1-3,6,8,15H,4-5,12H2. The van der Waals surface area contributed by atoms with Gasteiger partial charge in [-0.3, -0.25) is 0 Å². The summed E-state index contributed by atoms with van der Waals surface area (Å²) in [6.45, 7) is 0.666. The van der Waals surface area contributed by atoms with E-state index < -0.39 is 0 Å². The highest BCUT2D eigenvalue weighted by atomic mass is 79.9. The van der Waals surface area contributed by atoms with Crippen molar-refractivity contribution in [1.29, 1.82) is 0 Å². The lowest BCUT2D eigenvalue weighted by atomic mass is 10.2. The van der Waals surface area contributed by atoms with Gasteiger partial charge in [-0.1, -0.05) is 0 Å². The first-order valence-electron chi connectivity index (χ1n) is 4.81. The van der Waals surface area contributed by atoms with Gasteiger partial charge in [0.1, 0.15) is 0 Å². The molecule has 4 nitrogen and oxygen atoms in total. The lowest BCUT2D eigenvalue weighted by Gasteiger charge is -2.11. The Hall–Kier alpha value is -0.690. The predicted octanol–water partition coefficient (Wildman–Crippen LogP) is 1.75. The molecule has 2 aromatic rings. The summed E-state index contributed by atoms with van der Waals surface area (Å²) in [7, 11) is 0. The van der Waals surface area contributed by atoms with Gasteiger partial charge in [-0.05, 0) is 28.1 Å². The van der Waals surface area contributed by atoms with Crippen LogP contribution in [0.4, 0.5) is 0 Å². The van der Waals surface area contributed by atoms with E-state index in [4.69, 9.17) is 10.8 Å². The second-order valence-corrected chi connectivity index (χ2v) is 5.99. The smallest absolute Gasteiger partial charge is 0.0952 e. The van der Waals surface area contributed by atoms with E-state index in [1.807, 2.05) is 10.6 Å². The Morgan fingerprint density at radius 3 is 3.00 bits per heavy atom. The van der Waals surface area contributed by atoms with Gasteiger partial charge in [-0.2, -0.15) is 0 Å². The summed E-state index contributed by atoms with van der Waals surface area (Å²) in [4.78, 5) is 5.28. The van der Waals surface area contributed by atoms with Crippen LogP contribution in [0.25, 0.3) is 0 Å². The summed E-state index contributed by atoms with van der Waals surface area (Å²) < 4.78 is 3.06. The van der Waals surface area contributed by atoms with Crippen molar-refractivity contribution in [3.63, 3.8) is 0 Å². The lowest BCUT2D eigenvalue weighted by molar-refractivity contribution is 0.263. The van der Waals surface area contributed by atoms with Crippen LogP contribution in [0.2, 0.25) is 0 Å². The zero-order valence-electron chi connectivity index (χ0n) is 8.51. The fraction of sp³-hybridized carbons (Fsp3) is 0.300. The maximum atomic E-state index is 9.03. The molecule has 0 fully saturated rings. The Balaban J connectivity index is 2.18. The van der Waals surface area contributed by atoms with E-state index in [2.05, 4.69) is 27.0 Å². The molecule has 0 saturated heterocycles. The zero-order chi connectivity index (χ0) is 11.5. The number of aliphatic hydroxyl groups is 1. The van der Waals surface area contributed by atoms with Crippen LogP contribution in [0.5, 0.6) is 0 Å². The van der Waals surface area contributed by atoms with E-state index in [0.29, 0.717) is 0 Å². The molecule has 0 aliphatic carbocycles. The second kappa shape index (κ2) is 5.09. The monoisotopic (exact) mass is 301 g/mol. The molecular weight excluding hydrogens is 290 g/mol. The molecule has 0 amide bonds. The van der Waals surface area contributed by atoms with Gasteiger partial charge in [-0.25, -0.2) is 4.98 Å². The number of aliphatic hydroxyl groups excluding tert-OH is 1. The largest absolute Gasteiger partial charge is 0.394 e. The Labute approximate surface area is 106 Å². The molecule has 0 bridgehead atoms. The van der Waals surface area contributed by atoms with Crippen LogP contribution in [-0.2, 0) is 6.54 Å². The Kier molecular flexibility index (Phi) is 3.75. The topological polar surface area (TPSA) is 64.1 Å². The van der Waals surface area contributed by atoms with Crippen LogP contribution in [0.3, 0.4) is 0 Å². The molecule has 6 heteroatoms. The molecule has 0 spiro atoms. The quantitative estimate of drug-likeness (QED) is 0.904. The van der Waals surface area contributed by atoms with Crippen molar-refractivity contribution >= 4 is 27.3 Å². The van der Waals surface area contributed by atoms with E-state index in [1.165, 1.54) is 4.88 Å². The SMILES string of the molecule is NC(CO)c1cncn1Cc1ccc(Br)s1. The number of thiophene rings is 1. The van der Waals surface area contributed by atoms with Crippen molar-refractivity contribution in [2.24, 2.45) is 5.73 Å². The van der Waals surface area contributed by atoms with Gasteiger partial charge in [0.05, 0.1) is 35.0 Å². The zero-order valence-corrected chi connectivity index (χ0v) is 10.9. The van der Waals surface area contributed by atoms with Crippen molar-refractivity contribution in [1.82, 2.24) is 9.55 Å². The summed E-state index contributed by atoms with van der Waals surface area (Å²) in [5.41, 5.74) is 6.64. The maximum absolute atomic E-state index is 9.03. The molecule has 2 aromatic heterocycles. The number of aromatic nitrogens is 2. The van der Waals surface area contributed by atoms with Gasteiger partial charge in [-0.15, -0.1) is 11.3 Å². The molecule has 0 saturated carbocycles. The molecular formula is C10H12BrN3OS. The minimum absolute atomic E-state index is 0.0696. The van der Waals surface area contributed by atoms with Gasteiger partial charge in [0.15, 0.2) is 0 Å². The third-order valence-corrected chi connectivity index (χ3v) is 3.88. The van der Waals surface area contributed by atoms with Gasteiger partial charge in [0, 0.05) is 11.1 Å². The fourth-order valence-corrected chi connectivity index (χ4v) is 2.95. The minimum Gasteiger partial charge on any atom is -0.394 e. The van der Waals surface area contributed by atoms with E-state index in [0.717, 1.165) is 16.0 Å². The van der Waals surface area contributed by atoms with Crippen LogP contribution >= 0.6 is 27.3 Å². The predicted molar refractivity (Wildman–Crippen MR) is 67.4 cm³/mol. The molecule has 0 aromatic carbocycles. The number of halogens is 1. The minimum atomic E-state index is -0.370. The van der Waals surface area contributed by atoms with Crippen molar-refractivity contribution in [3.05, 3.63) is 39.0 Å². The van der Waals surface area contributed by atoms with Crippen LogP contribution in [0.15, 0.2) is 28.4 Å². The molecule has 86 valence electrons. The highest BCUT2D eigenvalue weighted by Crippen LogP contribution is 2.23. The molecule has 2 rings (SSSR count). The average molecular weight is 302 g/mol. The molecule has 1 atom stereocenters. The summed E-state index contributed by atoms with van der Waals surface area (Å²) in [5, 5.41) is 9.03. The first kappa shape index (κ1) is 11.8. The Morgan fingerprint density at radius 1 is 1.56 bits per heavy atom. The lowest BCUT2D eigenvalue weighted by Crippen LogP contribution is -2.18. The number of nitrogens with two attached hydrogens (primary N) is 1. The van der Waals surface area contributed by atoms with Crippen molar-refractivity contribution in [2.75, 3.05) is 6.61 Å². The molecule has 16 heavy (non-hydrogen) atoms. The van der Waals surface area contributed by atoms with Crippen molar-refractivity contribution in [3.8, 4) is 0 Å². The maximum Gasteiger partial charge on any atom is 0.0952 e. The molecule has 1 unspecified atom stereocenters. The van der Waals surface area contributed by atoms with E-state index in [1.54, 1.807) is 23.9 Å². The number of rotatable bonds is 4. The normalized spacial score (nSPS) is 12.9. The highest BCUT2D eigenvalue weighted by molar-refractivity contribution is 9.11. The third-order valence-electron chi connectivity index (χ3n) is 2.28. The van der Waals surface area contributed by atoms with Crippen LogP contribution in [-0.4, -0.2) is 21.3 Å². The number of hydrogen-bond acceptors (Lipinski definition) is 4. The van der Waals surface area contributed by atoms with Crippen LogP contribution in [0, 0.1) is 0 Å². The first-order valence-corrected chi connectivity index (χ1v) is 6.42. The van der Waals surface area contributed by atoms with Gasteiger partial charge < -0.3 is 15.4 Å². The van der Waals surface area contributed by atoms with Crippen LogP contribution < -0.4 is 5.73 Å². The number of nitrogens with zero attached hydrogens (tertiary/aromatic N) is 2. The van der Waals surface area contributed by atoms with Crippen LogP contribution in [0.1, 0.15) is 16.6 Å². The molecule has 3 N–H and O–H groups in total. The first-order chi connectivity index (χ1) is 7.70. The average Bonchev–Trinajstić information content (AvgIpc) is 2.87. The second-order valence-electron chi connectivity index (χ2n) is 3.44. The third kappa shape index (κ3) is 2.52. The molecule has 0 aliphatic heterocycles. The van der Waals surface area contributed by atoms with Gasteiger partial charge in [0.25, 0.3) is 0 Å². The van der Waals surface area contributed by atoms with Gasteiger partial charge >= 0.3 is 0 Å². The summed E-state index contributed by atoms with van der Waals surface area (Å²) in [5.74, 6) is 0. The van der Waals surface area contributed by atoms with E-state index in [9.17, 15) is 0 Å². The summed E-state index contributed by atoms with van der Waals surface area (Å²) in [6, 6.07) is 3.71. The Morgan fingerprint density at radius 2 is 2.38 bits per heavy atom. The van der Waals surface area contributed by atoms with E-state index in [-0.39, 0.29) is 12.6 Å². The molecule has 2 heterocycles. The van der Waals surface area contributed by atoms with Gasteiger partial charge in [0.2, 0.25) is 0 Å². The molecule has 0 radical (unpaired) electrons. The summed E-state index contributed by atoms with van der Waals surface area (Å²) >= 11 is 5.11. The van der Waals surface area contributed by atoms with Crippen molar-refractivity contribution < 1.29 is 5.11 Å². The highest BCUT2D eigenvalue weighted by Gasteiger charge is 2.11. The molecule has 0 aliphatic rings. The van der Waals surface area contributed by atoms with Crippen molar-refractivity contribution in [2.45, 2.75) is 12.6 Å². The van der Waals surface area contributed by atoms with E-state index >= 15 is 0 Å². The number of imidazole rings is 1.